The molecule has 0 fully saturated rings. The van der Waals surface area contributed by atoms with Crippen LogP contribution in [0.1, 0.15) is 11.5 Å². The van der Waals surface area contributed by atoms with Gasteiger partial charge in [-0.3, -0.25) is 4.40 Å². The van der Waals surface area contributed by atoms with Crippen LogP contribution >= 0.6 is 0 Å². The van der Waals surface area contributed by atoms with Gasteiger partial charge in [-0.25, -0.2) is 9.97 Å². The number of rotatable bonds is 0. The molecule has 3 aromatic rings. The molecule has 0 spiro atoms. The lowest BCUT2D eigenvalue weighted by Gasteiger charge is -1.97. The number of nitrogens with zero attached hydrogens (tertiary/aromatic N) is 3. The Morgan fingerprint density at radius 2 is 2.14 bits per heavy atom. The summed E-state index contributed by atoms with van der Waals surface area (Å²) in [5, 5.41) is 0. The molecule has 3 rings (SSSR count). The number of H-pyrrole nitrogens is 1. The zero-order chi connectivity index (χ0) is 9.71. The minimum absolute atomic E-state index is 0.901. The second-order valence-electron chi connectivity index (χ2n) is 3.43. The van der Waals surface area contributed by atoms with Gasteiger partial charge in [0.05, 0.1) is 22.9 Å². The number of hydrogen-bond donors (Lipinski definition) is 1. The highest BCUT2D eigenvalue weighted by Crippen LogP contribution is 2.17. The fourth-order valence-electron chi connectivity index (χ4n) is 1.90. The van der Waals surface area contributed by atoms with E-state index in [-0.39, 0.29) is 0 Å². The number of imidazole rings is 1. The molecule has 0 aromatic carbocycles. The Balaban J connectivity index is 2.68. The van der Waals surface area contributed by atoms with Crippen LogP contribution in [0.2, 0.25) is 0 Å². The molecule has 4 heteroatoms. The van der Waals surface area contributed by atoms with Crippen LogP contribution in [0.3, 0.4) is 0 Å². The first-order valence-electron chi connectivity index (χ1n) is 4.55. The molecule has 0 saturated heterocycles. The van der Waals surface area contributed by atoms with Gasteiger partial charge in [0.2, 0.25) is 0 Å². The Labute approximate surface area is 80.6 Å². The first-order valence-corrected chi connectivity index (χ1v) is 4.55. The Bertz CT molecular complexity index is 617. The van der Waals surface area contributed by atoms with Crippen molar-refractivity contribution in [2.75, 3.05) is 0 Å². The number of fused-ring (bicyclic) bond motifs is 3. The summed E-state index contributed by atoms with van der Waals surface area (Å²) in [6, 6.07) is 2.02. The molecule has 0 unspecified atom stereocenters. The van der Waals surface area contributed by atoms with Crippen molar-refractivity contribution in [3.05, 3.63) is 30.0 Å². The predicted molar refractivity (Wildman–Crippen MR) is 54.3 cm³/mol. The van der Waals surface area contributed by atoms with E-state index >= 15 is 0 Å². The quantitative estimate of drug-likeness (QED) is 0.582. The molecule has 0 atom stereocenters. The molecule has 0 aliphatic rings. The average Bonchev–Trinajstić information content (AvgIpc) is 2.71. The van der Waals surface area contributed by atoms with Crippen molar-refractivity contribution >= 4 is 16.7 Å². The highest BCUT2D eigenvalue weighted by atomic mass is 15.1. The van der Waals surface area contributed by atoms with E-state index in [1.54, 1.807) is 0 Å². The smallest absolute Gasteiger partial charge is 0.154 e. The molecular formula is C10H10N4. The molecule has 14 heavy (non-hydrogen) atoms. The second kappa shape index (κ2) is 2.35. The second-order valence-corrected chi connectivity index (χ2v) is 3.43. The van der Waals surface area contributed by atoms with Crippen molar-refractivity contribution in [2.24, 2.45) is 0 Å². The molecule has 0 aliphatic heterocycles. The molecule has 0 bridgehead atoms. The van der Waals surface area contributed by atoms with Gasteiger partial charge in [0, 0.05) is 6.20 Å². The van der Waals surface area contributed by atoms with Crippen LogP contribution in [0.4, 0.5) is 0 Å². The highest BCUT2D eigenvalue weighted by molar-refractivity contribution is 5.76. The highest BCUT2D eigenvalue weighted by Gasteiger charge is 2.08. The summed E-state index contributed by atoms with van der Waals surface area (Å²) in [5.74, 6) is 1.00. The minimum atomic E-state index is 0.901. The third-order valence-electron chi connectivity index (χ3n) is 2.53. The van der Waals surface area contributed by atoms with Gasteiger partial charge in [-0.1, -0.05) is 0 Å². The maximum absolute atomic E-state index is 4.43. The van der Waals surface area contributed by atoms with Gasteiger partial charge in [-0.05, 0) is 19.9 Å². The molecular weight excluding hydrogens is 176 g/mol. The maximum atomic E-state index is 4.43. The molecule has 1 N–H and O–H groups in total. The van der Waals surface area contributed by atoms with E-state index in [2.05, 4.69) is 19.4 Å². The van der Waals surface area contributed by atoms with Gasteiger partial charge >= 0.3 is 0 Å². The monoisotopic (exact) mass is 186 g/mol. The summed E-state index contributed by atoms with van der Waals surface area (Å²) < 4.78 is 2.12. The molecule has 0 amide bonds. The number of nitrogens with one attached hydrogen (secondary N) is 1. The zero-order valence-electron chi connectivity index (χ0n) is 8.07. The van der Waals surface area contributed by atoms with Crippen molar-refractivity contribution in [3.8, 4) is 0 Å². The lowest BCUT2D eigenvalue weighted by Crippen LogP contribution is -1.90. The van der Waals surface area contributed by atoms with Crippen LogP contribution < -0.4 is 0 Å². The summed E-state index contributed by atoms with van der Waals surface area (Å²) in [6.07, 6.45) is 3.75. The molecule has 70 valence electrons. The van der Waals surface area contributed by atoms with Crippen molar-refractivity contribution in [3.63, 3.8) is 0 Å². The largest absolute Gasteiger partial charge is 0.345 e. The Kier molecular flexibility index (Phi) is 1.27. The zero-order valence-corrected chi connectivity index (χ0v) is 8.07. The van der Waals surface area contributed by atoms with E-state index in [0.29, 0.717) is 0 Å². The fraction of sp³-hybridized carbons (Fsp3) is 0.200. The first kappa shape index (κ1) is 7.55. The molecule has 0 radical (unpaired) electrons. The van der Waals surface area contributed by atoms with Crippen LogP contribution in [0, 0.1) is 13.8 Å². The minimum Gasteiger partial charge on any atom is -0.345 e. The van der Waals surface area contributed by atoms with Crippen LogP contribution in [0.25, 0.3) is 16.7 Å². The normalized spacial score (nSPS) is 11.6. The third kappa shape index (κ3) is 0.775. The summed E-state index contributed by atoms with van der Waals surface area (Å²) in [6.45, 7) is 4.01. The van der Waals surface area contributed by atoms with Crippen LogP contribution in [0.5, 0.6) is 0 Å². The molecule has 3 heterocycles. The van der Waals surface area contributed by atoms with E-state index in [1.807, 2.05) is 32.3 Å². The number of hydrogen-bond acceptors (Lipinski definition) is 2. The van der Waals surface area contributed by atoms with Gasteiger partial charge in [-0.2, -0.15) is 0 Å². The first-order chi connectivity index (χ1) is 6.77. The molecule has 4 nitrogen and oxygen atoms in total. The number of aromatic amines is 1. The molecule has 0 saturated carbocycles. The lowest BCUT2D eigenvalue weighted by atomic mass is 10.4. The lowest BCUT2D eigenvalue weighted by molar-refractivity contribution is 1.06. The number of aromatic nitrogens is 4. The summed E-state index contributed by atoms with van der Waals surface area (Å²) in [5.41, 5.74) is 4.09. The topological polar surface area (TPSA) is 46.0 Å². The van der Waals surface area contributed by atoms with E-state index in [4.69, 9.17) is 0 Å². The Morgan fingerprint density at radius 1 is 1.29 bits per heavy atom. The van der Waals surface area contributed by atoms with E-state index in [9.17, 15) is 0 Å². The standard InChI is InChI=1S/C10H10N4/c1-6-9-5-12-10-8(3-4-11-10)14(9)7(2)13-6/h3-5,11H,1-2H3. The summed E-state index contributed by atoms with van der Waals surface area (Å²) >= 11 is 0. The van der Waals surface area contributed by atoms with Gasteiger partial charge in [0.15, 0.2) is 5.65 Å². The summed E-state index contributed by atoms with van der Waals surface area (Å²) in [4.78, 5) is 11.8. The van der Waals surface area contributed by atoms with Gasteiger partial charge < -0.3 is 4.98 Å². The van der Waals surface area contributed by atoms with Crippen LogP contribution in [0.15, 0.2) is 18.5 Å². The Hall–Kier alpha value is -1.84. The average molecular weight is 186 g/mol. The van der Waals surface area contributed by atoms with Crippen molar-refractivity contribution in [2.45, 2.75) is 13.8 Å². The third-order valence-corrected chi connectivity index (χ3v) is 2.53. The maximum Gasteiger partial charge on any atom is 0.154 e. The van der Waals surface area contributed by atoms with Crippen molar-refractivity contribution in [1.29, 1.82) is 0 Å². The Morgan fingerprint density at radius 3 is 3.00 bits per heavy atom. The number of aryl methyl sites for hydroxylation is 2. The molecule has 0 aliphatic carbocycles. The van der Waals surface area contributed by atoms with Gasteiger partial charge in [-0.15, -0.1) is 0 Å². The van der Waals surface area contributed by atoms with Gasteiger partial charge in [0.25, 0.3) is 0 Å². The van der Waals surface area contributed by atoms with Crippen molar-refractivity contribution < 1.29 is 0 Å². The van der Waals surface area contributed by atoms with E-state index in [1.165, 1.54) is 0 Å². The predicted octanol–water partition coefficient (Wildman–Crippen LogP) is 1.83. The molecule has 3 aromatic heterocycles. The van der Waals surface area contributed by atoms with E-state index in [0.717, 1.165) is 28.2 Å². The van der Waals surface area contributed by atoms with Crippen molar-refractivity contribution in [1.82, 2.24) is 19.4 Å². The summed E-state index contributed by atoms with van der Waals surface area (Å²) in [7, 11) is 0. The van der Waals surface area contributed by atoms with E-state index < -0.39 is 0 Å². The fourth-order valence-corrected chi connectivity index (χ4v) is 1.90. The van der Waals surface area contributed by atoms with Gasteiger partial charge in [0.1, 0.15) is 5.82 Å². The SMILES string of the molecule is Cc1nc(C)n2c1cnc1[nH]ccc12. The van der Waals surface area contributed by atoms with Crippen LogP contribution in [-0.4, -0.2) is 19.4 Å². The van der Waals surface area contributed by atoms with Crippen LogP contribution in [-0.2, 0) is 0 Å².